The minimum Gasteiger partial charge on any atom is -0.497 e. The lowest BCUT2D eigenvalue weighted by molar-refractivity contribution is 0.0728. The van der Waals surface area contributed by atoms with Gasteiger partial charge in [-0.15, -0.1) is 0 Å². The van der Waals surface area contributed by atoms with Crippen molar-refractivity contribution >= 4 is 17.8 Å². The Morgan fingerprint density at radius 2 is 1.84 bits per heavy atom. The second-order valence-electron chi connectivity index (χ2n) is 7.16. The maximum atomic E-state index is 12.8. The standard InChI is InChI=1S/C26H22O6/c1-4-30-21-7-5-6-18(25(21)32-26(28)17-10-8-16(2)9-11-17)14-23-24(27)20-13-12-19(29-3)15-22(20)31-23/h5-15H,4H2,1-3H3/b23-14-. The number of carbonyl (C=O) groups is 2. The zero-order valence-electron chi connectivity index (χ0n) is 18.0. The second-order valence-corrected chi connectivity index (χ2v) is 7.16. The fourth-order valence-corrected chi connectivity index (χ4v) is 3.30. The van der Waals surface area contributed by atoms with Gasteiger partial charge < -0.3 is 18.9 Å². The smallest absolute Gasteiger partial charge is 0.343 e. The van der Waals surface area contributed by atoms with Crippen LogP contribution in [-0.4, -0.2) is 25.5 Å². The lowest BCUT2D eigenvalue weighted by Gasteiger charge is -2.13. The van der Waals surface area contributed by atoms with Gasteiger partial charge in [0, 0.05) is 11.6 Å². The number of ether oxygens (including phenoxy) is 4. The van der Waals surface area contributed by atoms with Crippen molar-refractivity contribution in [1.29, 1.82) is 0 Å². The first-order valence-corrected chi connectivity index (χ1v) is 10.2. The number of benzene rings is 3. The van der Waals surface area contributed by atoms with Crippen molar-refractivity contribution in [2.45, 2.75) is 13.8 Å². The highest BCUT2D eigenvalue weighted by Gasteiger charge is 2.28. The number of ketones is 1. The number of para-hydroxylation sites is 1. The molecule has 3 aromatic carbocycles. The molecular formula is C26H22O6. The van der Waals surface area contributed by atoms with Crippen LogP contribution in [0.2, 0.25) is 0 Å². The van der Waals surface area contributed by atoms with Crippen LogP contribution in [0.15, 0.2) is 66.4 Å². The van der Waals surface area contributed by atoms with Crippen molar-refractivity contribution in [3.8, 4) is 23.0 Å². The molecule has 0 bridgehead atoms. The Morgan fingerprint density at radius 3 is 2.56 bits per heavy atom. The fraction of sp³-hybridized carbons (Fsp3) is 0.154. The van der Waals surface area contributed by atoms with E-state index in [4.69, 9.17) is 18.9 Å². The van der Waals surface area contributed by atoms with Gasteiger partial charge in [-0.3, -0.25) is 4.79 Å². The maximum Gasteiger partial charge on any atom is 0.343 e. The summed E-state index contributed by atoms with van der Waals surface area (Å²) in [7, 11) is 1.54. The highest BCUT2D eigenvalue weighted by molar-refractivity contribution is 6.14. The van der Waals surface area contributed by atoms with E-state index in [0.29, 0.717) is 40.5 Å². The van der Waals surface area contributed by atoms with Crippen molar-refractivity contribution in [1.82, 2.24) is 0 Å². The van der Waals surface area contributed by atoms with Gasteiger partial charge in [-0.25, -0.2) is 4.79 Å². The van der Waals surface area contributed by atoms with Crippen molar-refractivity contribution in [2.75, 3.05) is 13.7 Å². The molecule has 0 unspecified atom stereocenters. The zero-order chi connectivity index (χ0) is 22.7. The first-order valence-electron chi connectivity index (χ1n) is 10.2. The molecule has 1 heterocycles. The number of hydrogen-bond donors (Lipinski definition) is 0. The molecule has 0 radical (unpaired) electrons. The van der Waals surface area contributed by atoms with Gasteiger partial charge in [0.15, 0.2) is 17.3 Å². The Morgan fingerprint density at radius 1 is 1.06 bits per heavy atom. The van der Waals surface area contributed by atoms with Crippen LogP contribution in [0.1, 0.15) is 38.8 Å². The highest BCUT2D eigenvalue weighted by Crippen LogP contribution is 2.38. The second kappa shape index (κ2) is 8.98. The Balaban J connectivity index is 1.70. The average molecular weight is 430 g/mol. The van der Waals surface area contributed by atoms with Gasteiger partial charge in [-0.2, -0.15) is 0 Å². The van der Waals surface area contributed by atoms with Gasteiger partial charge in [-0.1, -0.05) is 29.8 Å². The molecule has 0 saturated carbocycles. The Bertz CT molecular complexity index is 1210. The average Bonchev–Trinajstić information content (AvgIpc) is 3.10. The monoisotopic (exact) mass is 430 g/mol. The molecule has 0 saturated heterocycles. The molecule has 32 heavy (non-hydrogen) atoms. The lowest BCUT2D eigenvalue weighted by atomic mass is 10.1. The summed E-state index contributed by atoms with van der Waals surface area (Å²) < 4.78 is 22.4. The number of aryl methyl sites for hydroxylation is 1. The molecule has 1 aliphatic heterocycles. The van der Waals surface area contributed by atoms with Crippen LogP contribution in [0.25, 0.3) is 6.08 Å². The molecule has 6 heteroatoms. The summed E-state index contributed by atoms with van der Waals surface area (Å²) in [6, 6.07) is 17.3. The molecule has 0 amide bonds. The number of carbonyl (C=O) groups excluding carboxylic acids is 2. The third-order valence-corrected chi connectivity index (χ3v) is 4.95. The fourth-order valence-electron chi connectivity index (χ4n) is 3.30. The van der Waals surface area contributed by atoms with Crippen LogP contribution in [-0.2, 0) is 0 Å². The number of hydrogen-bond acceptors (Lipinski definition) is 6. The number of Topliss-reactive ketones (excluding diaryl/α,β-unsaturated/α-hetero) is 1. The number of fused-ring (bicyclic) bond motifs is 1. The summed E-state index contributed by atoms with van der Waals surface area (Å²) in [6.07, 6.45) is 1.55. The number of allylic oxidation sites excluding steroid dienone is 1. The van der Waals surface area contributed by atoms with Crippen molar-refractivity contribution in [2.24, 2.45) is 0 Å². The molecule has 0 spiro atoms. The SMILES string of the molecule is CCOc1cccc(/C=C2\Oc3cc(OC)ccc3C2=O)c1OC(=O)c1ccc(C)cc1. The summed E-state index contributed by atoms with van der Waals surface area (Å²) >= 11 is 0. The Labute approximate surface area is 186 Å². The van der Waals surface area contributed by atoms with Gasteiger partial charge in [0.25, 0.3) is 0 Å². The van der Waals surface area contributed by atoms with E-state index >= 15 is 0 Å². The predicted octanol–water partition coefficient (Wildman–Crippen LogP) is 5.24. The lowest BCUT2D eigenvalue weighted by Crippen LogP contribution is -2.11. The van der Waals surface area contributed by atoms with E-state index in [-0.39, 0.29) is 17.3 Å². The van der Waals surface area contributed by atoms with E-state index in [0.717, 1.165) is 5.56 Å². The van der Waals surface area contributed by atoms with E-state index in [1.807, 2.05) is 26.0 Å². The van der Waals surface area contributed by atoms with Crippen LogP contribution in [0, 0.1) is 6.92 Å². The number of esters is 1. The molecule has 3 aromatic rings. The first-order chi connectivity index (χ1) is 15.5. The summed E-state index contributed by atoms with van der Waals surface area (Å²) in [6.45, 7) is 4.16. The topological polar surface area (TPSA) is 71.1 Å². The molecule has 162 valence electrons. The van der Waals surface area contributed by atoms with E-state index in [9.17, 15) is 9.59 Å². The molecule has 0 aliphatic carbocycles. The van der Waals surface area contributed by atoms with Gasteiger partial charge in [0.05, 0.1) is 24.8 Å². The molecule has 1 aliphatic rings. The molecule has 6 nitrogen and oxygen atoms in total. The van der Waals surface area contributed by atoms with Crippen LogP contribution in [0.3, 0.4) is 0 Å². The van der Waals surface area contributed by atoms with Crippen molar-refractivity contribution in [3.05, 3.63) is 88.7 Å². The van der Waals surface area contributed by atoms with Crippen LogP contribution in [0.5, 0.6) is 23.0 Å². The minimum absolute atomic E-state index is 0.120. The maximum absolute atomic E-state index is 12.8. The summed E-state index contributed by atoms with van der Waals surface area (Å²) in [5.41, 5.74) is 2.37. The Hall–Kier alpha value is -4.06. The van der Waals surface area contributed by atoms with Gasteiger partial charge in [0.2, 0.25) is 5.78 Å². The van der Waals surface area contributed by atoms with E-state index in [1.165, 1.54) is 0 Å². The number of rotatable bonds is 6. The molecule has 0 atom stereocenters. The Kier molecular flexibility index (Phi) is 5.94. The normalized spacial score (nSPS) is 13.5. The number of methoxy groups -OCH3 is 1. The molecular weight excluding hydrogens is 408 g/mol. The van der Waals surface area contributed by atoms with Gasteiger partial charge >= 0.3 is 5.97 Å². The van der Waals surface area contributed by atoms with Crippen LogP contribution in [0.4, 0.5) is 0 Å². The molecule has 0 fully saturated rings. The highest BCUT2D eigenvalue weighted by atomic mass is 16.6. The van der Waals surface area contributed by atoms with Gasteiger partial charge in [0.1, 0.15) is 11.5 Å². The van der Waals surface area contributed by atoms with E-state index < -0.39 is 5.97 Å². The zero-order valence-corrected chi connectivity index (χ0v) is 18.0. The minimum atomic E-state index is -0.525. The summed E-state index contributed by atoms with van der Waals surface area (Å²) in [4.78, 5) is 25.6. The van der Waals surface area contributed by atoms with Crippen LogP contribution >= 0.6 is 0 Å². The summed E-state index contributed by atoms with van der Waals surface area (Å²) in [5, 5.41) is 0. The van der Waals surface area contributed by atoms with Crippen molar-refractivity contribution in [3.63, 3.8) is 0 Å². The predicted molar refractivity (Wildman–Crippen MR) is 120 cm³/mol. The van der Waals surface area contributed by atoms with E-state index in [1.54, 1.807) is 61.7 Å². The molecule has 0 aromatic heterocycles. The quantitative estimate of drug-likeness (QED) is 0.303. The molecule has 4 rings (SSSR count). The largest absolute Gasteiger partial charge is 0.497 e. The van der Waals surface area contributed by atoms with Crippen molar-refractivity contribution < 1.29 is 28.5 Å². The summed E-state index contributed by atoms with van der Waals surface area (Å²) in [5.74, 6) is 0.950. The van der Waals surface area contributed by atoms with E-state index in [2.05, 4.69) is 0 Å². The first kappa shape index (κ1) is 21.2. The van der Waals surface area contributed by atoms with Crippen LogP contribution < -0.4 is 18.9 Å². The molecule has 0 N–H and O–H groups in total. The third kappa shape index (κ3) is 4.21. The third-order valence-electron chi connectivity index (χ3n) is 4.95. The van der Waals surface area contributed by atoms with Gasteiger partial charge in [-0.05, 0) is 50.3 Å².